The number of benzene rings is 2. The van der Waals surface area contributed by atoms with E-state index < -0.39 is 17.1 Å². The molecule has 1 aliphatic heterocycles. The van der Waals surface area contributed by atoms with Crippen LogP contribution < -0.4 is 20.7 Å². The monoisotopic (exact) mass is 532 g/mol. The quantitative estimate of drug-likeness (QED) is 0.432. The normalized spacial score (nSPS) is 19.5. The maximum atomic E-state index is 15.8. The molecular weight excluding hydrogens is 495 g/mol. The first kappa shape index (κ1) is 26.9. The number of primary amides is 1. The van der Waals surface area contributed by atoms with E-state index in [4.69, 9.17) is 10.5 Å². The molecule has 2 amide bonds. The predicted octanol–water partition coefficient (Wildman–Crippen LogP) is 4.74. The van der Waals surface area contributed by atoms with Crippen LogP contribution in [0.4, 0.5) is 15.8 Å². The third-order valence-electron chi connectivity index (χ3n) is 8.18. The molecule has 0 aromatic heterocycles. The summed E-state index contributed by atoms with van der Waals surface area (Å²) in [6, 6.07) is 12.5. The van der Waals surface area contributed by atoms with Crippen LogP contribution >= 0.6 is 0 Å². The molecule has 5 rings (SSSR count). The van der Waals surface area contributed by atoms with Crippen LogP contribution in [0.3, 0.4) is 0 Å². The van der Waals surface area contributed by atoms with Crippen molar-refractivity contribution in [1.29, 1.82) is 0 Å². The van der Waals surface area contributed by atoms with E-state index >= 15 is 4.39 Å². The van der Waals surface area contributed by atoms with E-state index in [0.29, 0.717) is 35.5 Å². The molecule has 0 saturated heterocycles. The van der Waals surface area contributed by atoms with Crippen molar-refractivity contribution in [2.45, 2.75) is 44.4 Å². The predicted molar refractivity (Wildman–Crippen MR) is 151 cm³/mol. The zero-order valence-electron chi connectivity index (χ0n) is 23.1. The minimum atomic E-state index is -0.570. The highest BCUT2D eigenvalue weighted by atomic mass is 19.1. The van der Waals surface area contributed by atoms with Crippen LogP contribution in [0.1, 0.15) is 44.6 Å². The van der Waals surface area contributed by atoms with Crippen LogP contribution in [0.2, 0.25) is 0 Å². The SMILES string of the molecule is CC/C=C(\C(N)=O)C1=C(Nc2ccc(OC)cc2)C(=O)N(c2ccc(C3(CN(C)C)CC3)cc2F)CC12CC2. The van der Waals surface area contributed by atoms with Crippen molar-refractivity contribution in [2.75, 3.05) is 44.5 Å². The zero-order valence-corrected chi connectivity index (χ0v) is 23.1. The van der Waals surface area contributed by atoms with Gasteiger partial charge in [0.25, 0.3) is 5.91 Å². The molecule has 7 nitrogen and oxygen atoms in total. The summed E-state index contributed by atoms with van der Waals surface area (Å²) in [7, 11) is 5.64. The van der Waals surface area contributed by atoms with Crippen molar-refractivity contribution < 1.29 is 18.7 Å². The second-order valence-electron chi connectivity index (χ2n) is 11.3. The van der Waals surface area contributed by atoms with E-state index in [-0.39, 0.29) is 22.7 Å². The molecule has 0 bridgehead atoms. The summed E-state index contributed by atoms with van der Waals surface area (Å²) in [4.78, 5) is 30.4. The third kappa shape index (κ3) is 5.05. The first-order valence-electron chi connectivity index (χ1n) is 13.6. The number of methoxy groups -OCH3 is 1. The van der Waals surface area contributed by atoms with E-state index in [2.05, 4.69) is 10.2 Å². The molecule has 1 spiro atoms. The lowest BCUT2D eigenvalue weighted by Crippen LogP contribution is -2.46. The van der Waals surface area contributed by atoms with Crippen LogP contribution in [0, 0.1) is 11.2 Å². The number of anilines is 2. The van der Waals surface area contributed by atoms with Crippen molar-refractivity contribution >= 4 is 23.2 Å². The first-order chi connectivity index (χ1) is 18.6. The molecule has 3 N–H and O–H groups in total. The fourth-order valence-electron chi connectivity index (χ4n) is 5.95. The Kier molecular flexibility index (Phi) is 7.01. The summed E-state index contributed by atoms with van der Waals surface area (Å²) in [5, 5.41) is 3.26. The van der Waals surface area contributed by atoms with Gasteiger partial charge in [-0.1, -0.05) is 19.1 Å². The molecule has 2 aromatic rings. The van der Waals surface area contributed by atoms with Gasteiger partial charge in [0, 0.05) is 40.8 Å². The number of carbonyl (C=O) groups is 2. The Morgan fingerprint density at radius 1 is 1.15 bits per heavy atom. The van der Waals surface area contributed by atoms with Gasteiger partial charge in [-0.2, -0.15) is 0 Å². The standard InChI is InChI=1S/C31H37FN4O3/c1-5-6-23(28(33)37)26-27(34-21-8-10-22(39-4)11-9-21)29(38)36(19-31(26)15-16-31)25-12-7-20(17-24(25)32)30(13-14-30)18-35(2)3/h6-12,17,34H,5,13-16,18-19H2,1-4H3,(H2,33,37)/b23-6-. The van der Waals surface area contributed by atoms with Crippen molar-refractivity contribution in [2.24, 2.45) is 11.1 Å². The van der Waals surface area contributed by atoms with Gasteiger partial charge in [0.2, 0.25) is 5.91 Å². The van der Waals surface area contributed by atoms with Crippen molar-refractivity contribution in [3.63, 3.8) is 0 Å². The number of hydrogen-bond donors (Lipinski definition) is 2. The molecule has 3 aliphatic rings. The lowest BCUT2D eigenvalue weighted by atomic mass is 9.82. The van der Waals surface area contributed by atoms with Gasteiger partial charge in [0.05, 0.1) is 12.8 Å². The molecule has 8 heteroatoms. The van der Waals surface area contributed by atoms with Crippen LogP contribution in [0.25, 0.3) is 0 Å². The molecule has 2 aromatic carbocycles. The van der Waals surface area contributed by atoms with Crippen LogP contribution in [-0.2, 0) is 15.0 Å². The van der Waals surface area contributed by atoms with Gasteiger partial charge in [-0.05, 0) is 88.2 Å². The van der Waals surface area contributed by atoms with Crippen LogP contribution in [-0.4, -0.2) is 51.0 Å². The number of amides is 2. The summed E-state index contributed by atoms with van der Waals surface area (Å²) >= 11 is 0. The third-order valence-corrected chi connectivity index (χ3v) is 8.18. The van der Waals surface area contributed by atoms with Gasteiger partial charge in [0.1, 0.15) is 17.3 Å². The first-order valence-corrected chi connectivity index (χ1v) is 13.6. The van der Waals surface area contributed by atoms with E-state index in [1.165, 1.54) is 4.90 Å². The molecule has 0 unspecified atom stereocenters. The largest absolute Gasteiger partial charge is 0.497 e. The minimum Gasteiger partial charge on any atom is -0.497 e. The van der Waals surface area contributed by atoms with Gasteiger partial charge >= 0.3 is 0 Å². The summed E-state index contributed by atoms with van der Waals surface area (Å²) in [5.74, 6) is -0.686. The Hall–Kier alpha value is -3.65. The van der Waals surface area contributed by atoms with Crippen LogP contribution in [0.15, 0.2) is 65.4 Å². The maximum Gasteiger partial charge on any atom is 0.275 e. The number of allylic oxidation sites excluding steroid dienone is 1. The maximum absolute atomic E-state index is 15.8. The van der Waals surface area contributed by atoms with Gasteiger partial charge in [-0.15, -0.1) is 0 Å². The Morgan fingerprint density at radius 3 is 2.36 bits per heavy atom. The summed E-state index contributed by atoms with van der Waals surface area (Å²) in [6.07, 6.45) is 5.98. The zero-order chi connectivity index (χ0) is 27.9. The highest BCUT2D eigenvalue weighted by Gasteiger charge is 2.55. The van der Waals surface area contributed by atoms with Gasteiger partial charge in [-0.3, -0.25) is 9.59 Å². The average molecular weight is 533 g/mol. The fourth-order valence-corrected chi connectivity index (χ4v) is 5.95. The molecule has 2 saturated carbocycles. The van der Waals surface area contributed by atoms with Crippen molar-refractivity contribution in [3.8, 4) is 5.75 Å². The number of rotatable bonds is 10. The highest BCUT2D eigenvalue weighted by Crippen LogP contribution is 2.58. The van der Waals surface area contributed by atoms with Gasteiger partial charge < -0.3 is 25.6 Å². The Labute approximate surface area is 229 Å². The minimum absolute atomic E-state index is 0.0258. The second kappa shape index (κ2) is 10.2. The molecule has 1 heterocycles. The number of halogens is 1. The Balaban J connectivity index is 1.57. The van der Waals surface area contributed by atoms with E-state index in [1.54, 1.807) is 49.6 Å². The summed E-state index contributed by atoms with van der Waals surface area (Å²) in [6.45, 7) is 3.08. The number of carbonyl (C=O) groups excluding carboxylic acids is 2. The lowest BCUT2D eigenvalue weighted by molar-refractivity contribution is -0.115. The Morgan fingerprint density at radius 2 is 1.85 bits per heavy atom. The van der Waals surface area contributed by atoms with E-state index in [0.717, 1.165) is 37.8 Å². The number of nitrogens with zero attached hydrogens (tertiary/aromatic N) is 2. The fraction of sp³-hybridized carbons (Fsp3) is 0.419. The van der Waals surface area contributed by atoms with E-state index in [9.17, 15) is 9.59 Å². The van der Waals surface area contributed by atoms with Crippen LogP contribution in [0.5, 0.6) is 5.75 Å². The number of ether oxygens (including phenoxy) is 1. The van der Waals surface area contributed by atoms with Crippen molar-refractivity contribution in [1.82, 2.24) is 4.90 Å². The summed E-state index contributed by atoms with van der Waals surface area (Å²) < 4.78 is 21.0. The molecule has 39 heavy (non-hydrogen) atoms. The topological polar surface area (TPSA) is 87.9 Å². The smallest absolute Gasteiger partial charge is 0.275 e. The number of likely N-dealkylation sites (N-methyl/N-ethyl adjacent to an activating group) is 1. The average Bonchev–Trinajstić information content (AvgIpc) is 3.83. The molecule has 206 valence electrons. The molecule has 0 atom stereocenters. The van der Waals surface area contributed by atoms with Gasteiger partial charge in [0.15, 0.2) is 0 Å². The number of hydrogen-bond acceptors (Lipinski definition) is 5. The second-order valence-corrected chi connectivity index (χ2v) is 11.3. The summed E-state index contributed by atoms with van der Waals surface area (Å²) in [5.41, 5.74) is 8.47. The van der Waals surface area contributed by atoms with Gasteiger partial charge in [-0.25, -0.2) is 4.39 Å². The molecule has 2 fully saturated rings. The molecule has 0 radical (unpaired) electrons. The Bertz CT molecular complexity index is 1350. The number of nitrogens with two attached hydrogens (primary N) is 1. The molecular formula is C31H37FN4O3. The molecule has 2 aliphatic carbocycles. The number of nitrogens with one attached hydrogen (secondary N) is 1. The van der Waals surface area contributed by atoms with Crippen molar-refractivity contribution in [3.05, 3.63) is 76.8 Å². The van der Waals surface area contributed by atoms with E-state index in [1.807, 2.05) is 27.1 Å². The highest BCUT2D eigenvalue weighted by molar-refractivity contribution is 6.12. The lowest BCUT2D eigenvalue weighted by Gasteiger charge is -2.37.